The summed E-state index contributed by atoms with van der Waals surface area (Å²) < 4.78 is 21.5. The van der Waals surface area contributed by atoms with Crippen LogP contribution in [0.15, 0.2) is 49.1 Å². The summed E-state index contributed by atoms with van der Waals surface area (Å²) in [7, 11) is 1.53. The number of hydrogen-bond donors (Lipinski definition) is 3. The van der Waals surface area contributed by atoms with Gasteiger partial charge in [0.2, 0.25) is 0 Å². The number of nitrogens with two attached hydrogens (primary N) is 1. The van der Waals surface area contributed by atoms with Crippen molar-refractivity contribution in [3.05, 3.63) is 60.2 Å². The van der Waals surface area contributed by atoms with Gasteiger partial charge in [-0.1, -0.05) is 30.3 Å². The van der Waals surface area contributed by atoms with E-state index in [0.717, 1.165) is 5.56 Å². The van der Waals surface area contributed by atoms with Gasteiger partial charge in [-0.05, 0) is 0 Å². The molecule has 13 heteroatoms. The van der Waals surface area contributed by atoms with E-state index >= 15 is 0 Å². The van der Waals surface area contributed by atoms with Crippen molar-refractivity contribution in [1.82, 2.24) is 34.6 Å². The maximum absolute atomic E-state index is 11.9. The number of amides is 1. The Morgan fingerprint density at radius 3 is 2.74 bits per heavy atom. The van der Waals surface area contributed by atoms with Crippen LogP contribution in [0.2, 0.25) is 0 Å². The van der Waals surface area contributed by atoms with Crippen LogP contribution in [0.1, 0.15) is 28.4 Å². The zero-order chi connectivity index (χ0) is 24.1. The van der Waals surface area contributed by atoms with Gasteiger partial charge >= 0.3 is 0 Å². The van der Waals surface area contributed by atoms with E-state index in [4.69, 9.17) is 19.9 Å². The van der Waals surface area contributed by atoms with Crippen molar-refractivity contribution in [1.29, 1.82) is 0 Å². The lowest BCUT2D eigenvalue weighted by Crippen LogP contribution is -2.30. The van der Waals surface area contributed by atoms with Crippen LogP contribution in [0.4, 0.5) is 5.82 Å². The lowest BCUT2D eigenvalue weighted by atomic mass is 10.1. The smallest absolute Gasteiger partial charge is 0.254 e. The maximum Gasteiger partial charge on any atom is 0.254 e. The van der Waals surface area contributed by atoms with E-state index in [1.807, 2.05) is 30.3 Å². The fourth-order valence-corrected chi connectivity index (χ4v) is 4.38. The molecule has 13 nitrogen and oxygen atoms in total. The fraction of sp³-hybridized carbons (Fsp3) is 0.318. The number of nitrogens with one attached hydrogen (secondary N) is 1. The van der Waals surface area contributed by atoms with Crippen molar-refractivity contribution >= 4 is 22.9 Å². The van der Waals surface area contributed by atoms with Gasteiger partial charge < -0.3 is 30.4 Å². The third kappa shape index (κ3) is 3.52. The Morgan fingerprint density at radius 2 is 1.97 bits per heavy atom. The second-order valence-electron chi connectivity index (χ2n) is 8.18. The Hall–Kier alpha value is -3.91. The number of ether oxygens (including phenoxy) is 3. The van der Waals surface area contributed by atoms with Crippen molar-refractivity contribution in [2.45, 2.75) is 30.8 Å². The van der Waals surface area contributed by atoms with E-state index < -0.39 is 30.8 Å². The van der Waals surface area contributed by atoms with E-state index in [1.165, 1.54) is 24.1 Å². The highest BCUT2D eigenvalue weighted by molar-refractivity contribution is 5.93. The molecule has 0 spiro atoms. The zero-order valence-electron chi connectivity index (χ0n) is 18.6. The molecular formula is C22H22N8O5. The summed E-state index contributed by atoms with van der Waals surface area (Å²) in [5, 5.41) is 16.6. The largest absolute Gasteiger partial charge is 0.394 e. The van der Waals surface area contributed by atoms with Gasteiger partial charge in [0.25, 0.3) is 11.9 Å². The van der Waals surface area contributed by atoms with Crippen LogP contribution in [0.25, 0.3) is 17.1 Å². The predicted molar refractivity (Wildman–Crippen MR) is 120 cm³/mol. The number of rotatable bonds is 5. The highest BCUT2D eigenvalue weighted by Gasteiger charge is 2.53. The summed E-state index contributed by atoms with van der Waals surface area (Å²) in [6.07, 6.45) is 1.55. The quantitative estimate of drug-likeness (QED) is 0.364. The Morgan fingerprint density at radius 1 is 1.17 bits per heavy atom. The summed E-state index contributed by atoms with van der Waals surface area (Å²) in [5.74, 6) is 0.00722. The Bertz CT molecular complexity index is 1390. The van der Waals surface area contributed by atoms with Crippen molar-refractivity contribution in [2.24, 2.45) is 0 Å². The van der Waals surface area contributed by atoms with Crippen LogP contribution in [0.3, 0.4) is 0 Å². The van der Waals surface area contributed by atoms with Crippen molar-refractivity contribution in [3.63, 3.8) is 0 Å². The average Bonchev–Trinajstić information content (AvgIpc) is 3.67. The Kier molecular flexibility index (Phi) is 5.18. The molecule has 5 atom stereocenters. The molecule has 35 heavy (non-hydrogen) atoms. The number of aliphatic hydroxyl groups is 1. The molecule has 2 saturated heterocycles. The maximum atomic E-state index is 11.9. The van der Waals surface area contributed by atoms with Crippen LogP contribution in [-0.4, -0.2) is 72.3 Å². The molecule has 4 aromatic rings. The number of hydrogen-bond acceptors (Lipinski definition) is 10. The van der Waals surface area contributed by atoms with Gasteiger partial charge in [-0.25, -0.2) is 9.67 Å². The number of aromatic nitrogens is 6. The van der Waals surface area contributed by atoms with Crippen molar-refractivity contribution in [3.8, 4) is 5.95 Å². The number of nitrogens with zero attached hydrogens (tertiary/aromatic N) is 6. The Balaban J connectivity index is 1.37. The van der Waals surface area contributed by atoms with Gasteiger partial charge in [-0.2, -0.15) is 15.1 Å². The summed E-state index contributed by atoms with van der Waals surface area (Å²) in [6, 6.07) is 9.56. The third-order valence-electron chi connectivity index (χ3n) is 6.09. The minimum absolute atomic E-state index is 0.139. The molecule has 0 bridgehead atoms. The summed E-state index contributed by atoms with van der Waals surface area (Å²) in [4.78, 5) is 25.2. The van der Waals surface area contributed by atoms with E-state index in [2.05, 4.69) is 25.4 Å². The van der Waals surface area contributed by atoms with Gasteiger partial charge in [0.15, 0.2) is 24.0 Å². The molecule has 1 amide bonds. The fourth-order valence-electron chi connectivity index (χ4n) is 4.38. The first-order chi connectivity index (χ1) is 17.1. The number of anilines is 1. The minimum Gasteiger partial charge on any atom is -0.394 e. The van der Waals surface area contributed by atoms with E-state index in [0.29, 0.717) is 16.7 Å². The molecule has 2 aliphatic rings. The first-order valence-corrected chi connectivity index (χ1v) is 11.0. The van der Waals surface area contributed by atoms with E-state index in [-0.39, 0.29) is 24.3 Å². The second-order valence-corrected chi connectivity index (χ2v) is 8.18. The molecule has 6 rings (SSSR count). The highest BCUT2D eigenvalue weighted by atomic mass is 16.8. The summed E-state index contributed by atoms with van der Waals surface area (Å²) in [5.41, 5.74) is 8.15. The molecule has 0 saturated carbocycles. The molecule has 0 aliphatic carbocycles. The van der Waals surface area contributed by atoms with E-state index in [1.54, 1.807) is 10.9 Å². The molecule has 2 fully saturated rings. The molecule has 2 unspecified atom stereocenters. The monoisotopic (exact) mass is 478 g/mol. The van der Waals surface area contributed by atoms with E-state index in [9.17, 15) is 9.90 Å². The van der Waals surface area contributed by atoms with Crippen LogP contribution in [0, 0.1) is 0 Å². The molecule has 3 aromatic heterocycles. The van der Waals surface area contributed by atoms with Crippen LogP contribution >= 0.6 is 0 Å². The second kappa shape index (κ2) is 8.39. The van der Waals surface area contributed by atoms with Gasteiger partial charge in [0.1, 0.15) is 23.8 Å². The molecule has 1 aromatic carbocycles. The van der Waals surface area contributed by atoms with Gasteiger partial charge in [-0.3, -0.25) is 9.36 Å². The molecule has 0 radical (unpaired) electrons. The number of fused-ring (bicyclic) bond motifs is 2. The average molecular weight is 478 g/mol. The number of nitrogen functional groups attached to an aromatic ring is 1. The minimum atomic E-state index is -0.683. The normalized spacial score (nSPS) is 25.7. The predicted octanol–water partition coefficient (Wildman–Crippen LogP) is 0.326. The first-order valence-electron chi connectivity index (χ1n) is 11.0. The van der Waals surface area contributed by atoms with Gasteiger partial charge in [0.05, 0.1) is 24.7 Å². The van der Waals surface area contributed by atoms with Gasteiger partial charge in [-0.15, -0.1) is 0 Å². The molecular weight excluding hydrogens is 456 g/mol. The van der Waals surface area contributed by atoms with Crippen LogP contribution in [0.5, 0.6) is 0 Å². The lowest BCUT2D eigenvalue weighted by molar-refractivity contribution is -0.153. The Labute approximate surface area is 198 Å². The number of benzene rings is 1. The third-order valence-corrected chi connectivity index (χ3v) is 6.09. The molecule has 180 valence electrons. The molecule has 5 heterocycles. The number of imidazole rings is 1. The van der Waals surface area contributed by atoms with Crippen LogP contribution < -0.4 is 11.1 Å². The van der Waals surface area contributed by atoms with Crippen LogP contribution in [-0.2, 0) is 14.2 Å². The SMILES string of the molecule is CNC(=O)c1cnn(-c2nc(N)c3ncn([C@@H]4O[C@H](CO)C5OC(c6ccccc6)O[C@@H]54)c3n2)c1. The standard InChI is InChI=1S/C22H22N8O5/c1-24-19(32)12-7-26-30(8-12)22-27-17(23)14-18(28-22)29(10-25-14)20-16-15(13(9-31)33-20)34-21(35-16)11-5-3-2-4-6-11/h2-8,10,13,15-16,20-21,31H,9H2,1H3,(H,24,32)(H2,23,27,28)/t13-,15?,16+,20-,21?/m1/s1. The van der Waals surface area contributed by atoms with Crippen molar-refractivity contribution in [2.75, 3.05) is 19.4 Å². The lowest BCUT2D eigenvalue weighted by Gasteiger charge is -2.20. The van der Waals surface area contributed by atoms with Gasteiger partial charge in [0, 0.05) is 18.8 Å². The molecule has 4 N–H and O–H groups in total. The van der Waals surface area contributed by atoms with Crippen molar-refractivity contribution < 1.29 is 24.1 Å². The topological polar surface area (TPSA) is 164 Å². The zero-order valence-corrected chi connectivity index (χ0v) is 18.6. The first kappa shape index (κ1) is 21.6. The number of carbonyl (C=O) groups is 1. The summed E-state index contributed by atoms with van der Waals surface area (Å²) >= 11 is 0. The number of carbonyl (C=O) groups excluding carboxylic acids is 1. The highest BCUT2D eigenvalue weighted by Crippen LogP contribution is 2.44. The summed E-state index contributed by atoms with van der Waals surface area (Å²) in [6.45, 7) is -0.243. The number of aliphatic hydroxyl groups excluding tert-OH is 1. The molecule has 2 aliphatic heterocycles.